The van der Waals surface area contributed by atoms with Crippen molar-refractivity contribution in [2.45, 2.75) is 6.92 Å². The summed E-state index contributed by atoms with van der Waals surface area (Å²) in [6.45, 7) is 2.04. The fraction of sp³-hybridized carbons (Fsp3) is 0.100. The fourth-order valence-electron chi connectivity index (χ4n) is 3.86. The van der Waals surface area contributed by atoms with Crippen LogP contribution in [0.3, 0.4) is 0 Å². The van der Waals surface area contributed by atoms with E-state index in [1.807, 2.05) is 12.1 Å². The number of nitrogens with zero attached hydrogens (tertiary/aromatic N) is 5. The molecule has 29 heavy (non-hydrogen) atoms. The van der Waals surface area contributed by atoms with E-state index in [1.54, 1.807) is 29.1 Å². The van der Waals surface area contributed by atoms with E-state index >= 15 is 0 Å². The maximum atomic E-state index is 12.5. The lowest BCUT2D eigenvalue weighted by molar-refractivity contribution is 0.0757. The summed E-state index contributed by atoms with van der Waals surface area (Å²) in [5.74, 6) is 5.51. The third kappa shape index (κ3) is 2.22. The van der Waals surface area contributed by atoms with Gasteiger partial charge in [0, 0.05) is 5.39 Å². The molecule has 5 aromatic rings. The zero-order valence-electron chi connectivity index (χ0n) is 15.4. The SMILES string of the molecule is Cc1nc2c(cnn2-c2nc3c(ccc4ccccc43)s2)c2c1C(=O)N(N)CN2. The maximum Gasteiger partial charge on any atom is 0.273 e. The summed E-state index contributed by atoms with van der Waals surface area (Å²) in [7, 11) is 0. The van der Waals surface area contributed by atoms with Crippen LogP contribution in [0.4, 0.5) is 5.69 Å². The number of thiazole rings is 1. The molecule has 0 aliphatic carbocycles. The molecule has 1 aliphatic rings. The summed E-state index contributed by atoms with van der Waals surface area (Å²) in [6, 6.07) is 12.4. The first-order valence-corrected chi connectivity index (χ1v) is 9.91. The number of aromatic nitrogens is 4. The molecule has 6 rings (SSSR count). The monoisotopic (exact) mass is 401 g/mol. The van der Waals surface area contributed by atoms with Gasteiger partial charge < -0.3 is 5.32 Å². The van der Waals surface area contributed by atoms with E-state index in [-0.39, 0.29) is 12.6 Å². The Morgan fingerprint density at radius 3 is 2.90 bits per heavy atom. The Balaban J connectivity index is 1.60. The van der Waals surface area contributed by atoms with Crippen LogP contribution in [-0.4, -0.2) is 37.3 Å². The van der Waals surface area contributed by atoms with Gasteiger partial charge in [-0.25, -0.2) is 15.8 Å². The summed E-state index contributed by atoms with van der Waals surface area (Å²) >= 11 is 1.56. The van der Waals surface area contributed by atoms with Gasteiger partial charge in [-0.2, -0.15) is 9.78 Å². The van der Waals surface area contributed by atoms with Crippen molar-refractivity contribution in [2.75, 3.05) is 12.0 Å². The number of hydrazine groups is 1. The van der Waals surface area contributed by atoms with E-state index in [4.69, 9.17) is 10.8 Å². The normalized spacial score (nSPS) is 14.0. The lowest BCUT2D eigenvalue weighted by Gasteiger charge is -2.26. The van der Waals surface area contributed by atoms with Gasteiger partial charge in [0.15, 0.2) is 5.65 Å². The highest BCUT2D eigenvalue weighted by Crippen LogP contribution is 2.35. The first-order chi connectivity index (χ1) is 14.1. The largest absolute Gasteiger partial charge is 0.365 e. The fourth-order valence-corrected chi connectivity index (χ4v) is 4.80. The molecule has 0 saturated carbocycles. The average molecular weight is 401 g/mol. The van der Waals surface area contributed by atoms with Crippen LogP contribution in [0.1, 0.15) is 16.1 Å². The van der Waals surface area contributed by atoms with Crippen LogP contribution in [0.2, 0.25) is 0 Å². The zero-order valence-corrected chi connectivity index (χ0v) is 16.2. The Labute approximate surface area is 168 Å². The van der Waals surface area contributed by atoms with Crippen molar-refractivity contribution in [1.29, 1.82) is 0 Å². The molecule has 8 nitrogen and oxygen atoms in total. The Bertz CT molecular complexity index is 1470. The Morgan fingerprint density at radius 1 is 1.14 bits per heavy atom. The van der Waals surface area contributed by atoms with Crippen LogP contribution < -0.4 is 11.2 Å². The van der Waals surface area contributed by atoms with Gasteiger partial charge in [0.05, 0.1) is 38.7 Å². The average Bonchev–Trinajstić information content (AvgIpc) is 3.34. The van der Waals surface area contributed by atoms with E-state index in [2.05, 4.69) is 39.7 Å². The van der Waals surface area contributed by atoms with Crippen molar-refractivity contribution in [3.05, 3.63) is 53.9 Å². The minimum atomic E-state index is -0.246. The summed E-state index contributed by atoms with van der Waals surface area (Å²) in [5.41, 5.74) is 3.43. The van der Waals surface area contributed by atoms with Crippen LogP contribution >= 0.6 is 11.3 Å². The number of rotatable bonds is 1. The molecule has 1 amide bonds. The first-order valence-electron chi connectivity index (χ1n) is 9.09. The van der Waals surface area contributed by atoms with Crippen LogP contribution in [-0.2, 0) is 0 Å². The number of aryl methyl sites for hydroxylation is 1. The van der Waals surface area contributed by atoms with Crippen molar-refractivity contribution in [1.82, 2.24) is 24.8 Å². The lowest BCUT2D eigenvalue weighted by atomic mass is 10.1. The third-order valence-electron chi connectivity index (χ3n) is 5.25. The van der Waals surface area contributed by atoms with Gasteiger partial charge in [0.1, 0.15) is 6.67 Å². The van der Waals surface area contributed by atoms with Crippen molar-refractivity contribution in [2.24, 2.45) is 5.84 Å². The van der Waals surface area contributed by atoms with Crippen molar-refractivity contribution < 1.29 is 4.79 Å². The molecule has 142 valence electrons. The lowest BCUT2D eigenvalue weighted by Crippen LogP contribution is -2.45. The van der Waals surface area contributed by atoms with E-state index < -0.39 is 0 Å². The highest BCUT2D eigenvalue weighted by Gasteiger charge is 2.28. The van der Waals surface area contributed by atoms with Gasteiger partial charge in [-0.3, -0.25) is 9.80 Å². The van der Waals surface area contributed by atoms with Crippen molar-refractivity contribution >= 4 is 55.0 Å². The molecule has 3 N–H and O–H groups in total. The number of amides is 1. The summed E-state index contributed by atoms with van der Waals surface area (Å²) in [5, 5.41) is 12.7. The van der Waals surface area contributed by atoms with E-state index in [0.29, 0.717) is 16.9 Å². The second-order valence-corrected chi connectivity index (χ2v) is 7.99. The minimum Gasteiger partial charge on any atom is -0.365 e. The van der Waals surface area contributed by atoms with Gasteiger partial charge >= 0.3 is 0 Å². The number of carbonyl (C=O) groups excluding carboxylic acids is 1. The number of carbonyl (C=O) groups is 1. The van der Waals surface area contributed by atoms with E-state index in [0.717, 1.165) is 42.2 Å². The zero-order chi connectivity index (χ0) is 19.7. The summed E-state index contributed by atoms with van der Waals surface area (Å²) in [4.78, 5) is 22.0. The molecule has 0 saturated heterocycles. The summed E-state index contributed by atoms with van der Waals surface area (Å²) < 4.78 is 2.83. The molecule has 9 heteroatoms. The number of hydrogen-bond acceptors (Lipinski definition) is 7. The number of anilines is 1. The second-order valence-electron chi connectivity index (χ2n) is 6.98. The first kappa shape index (κ1) is 16.4. The van der Waals surface area contributed by atoms with Crippen LogP contribution in [0, 0.1) is 6.92 Å². The molecule has 0 atom stereocenters. The molecule has 1 aliphatic heterocycles. The van der Waals surface area contributed by atoms with Gasteiger partial charge in [0.25, 0.3) is 5.91 Å². The molecule has 0 spiro atoms. The molecule has 0 fully saturated rings. The third-order valence-corrected chi connectivity index (χ3v) is 6.25. The highest BCUT2D eigenvalue weighted by atomic mass is 32.1. The van der Waals surface area contributed by atoms with Gasteiger partial charge in [-0.05, 0) is 18.4 Å². The highest BCUT2D eigenvalue weighted by molar-refractivity contribution is 7.21. The molecule has 2 aromatic carbocycles. The van der Waals surface area contributed by atoms with Crippen molar-refractivity contribution in [3.8, 4) is 5.13 Å². The standard InChI is InChI=1S/C20H15N7OS/c1-10-15-17(22-9-26(21)19(15)28)13-8-23-27(18(13)24-10)20-25-16-12-5-3-2-4-11(12)6-7-14(16)29-20/h2-8,22H,9,21H2,1H3. The molecule has 0 radical (unpaired) electrons. The minimum absolute atomic E-state index is 0.239. The molecular weight excluding hydrogens is 386 g/mol. The number of fused-ring (bicyclic) bond motifs is 6. The topological polar surface area (TPSA) is 102 Å². The number of pyridine rings is 1. The van der Waals surface area contributed by atoms with Gasteiger partial charge in [0.2, 0.25) is 5.13 Å². The molecule has 0 unspecified atom stereocenters. The van der Waals surface area contributed by atoms with Crippen LogP contribution in [0.15, 0.2) is 42.6 Å². The predicted octanol–water partition coefficient (Wildman–Crippen LogP) is 3.19. The Morgan fingerprint density at radius 2 is 2.00 bits per heavy atom. The van der Waals surface area contributed by atoms with Crippen LogP contribution in [0.25, 0.3) is 37.2 Å². The van der Waals surface area contributed by atoms with Crippen LogP contribution in [0.5, 0.6) is 0 Å². The van der Waals surface area contributed by atoms with Gasteiger partial charge in [-0.1, -0.05) is 41.7 Å². The van der Waals surface area contributed by atoms with E-state index in [9.17, 15) is 4.79 Å². The maximum absolute atomic E-state index is 12.5. The number of nitrogens with one attached hydrogen (secondary N) is 1. The Hall–Kier alpha value is -3.56. The molecule has 3 aromatic heterocycles. The van der Waals surface area contributed by atoms with Crippen molar-refractivity contribution in [3.63, 3.8) is 0 Å². The Kier molecular flexibility index (Phi) is 3.24. The van der Waals surface area contributed by atoms with Gasteiger partial charge in [-0.15, -0.1) is 0 Å². The molecular formula is C20H15N7OS. The molecule has 4 heterocycles. The quantitative estimate of drug-likeness (QED) is 0.330. The molecule has 0 bridgehead atoms. The van der Waals surface area contributed by atoms with E-state index in [1.165, 1.54) is 0 Å². The smallest absolute Gasteiger partial charge is 0.273 e. The number of hydrogen-bond donors (Lipinski definition) is 2. The number of benzene rings is 2. The summed E-state index contributed by atoms with van der Waals surface area (Å²) in [6.07, 6.45) is 1.72. The second kappa shape index (κ2) is 5.72. The predicted molar refractivity (Wildman–Crippen MR) is 113 cm³/mol. The number of nitrogens with two attached hydrogens (primary N) is 1.